The summed E-state index contributed by atoms with van der Waals surface area (Å²) < 4.78 is 6.09. The van der Waals surface area contributed by atoms with Crippen molar-refractivity contribution in [1.29, 1.82) is 0 Å². The first-order valence-electron chi connectivity index (χ1n) is 9.60. The van der Waals surface area contributed by atoms with Crippen molar-refractivity contribution in [2.75, 3.05) is 13.2 Å². The molecule has 0 spiro atoms. The van der Waals surface area contributed by atoms with Crippen molar-refractivity contribution in [1.82, 2.24) is 0 Å². The van der Waals surface area contributed by atoms with Crippen LogP contribution in [-0.2, 0) is 16.0 Å². The molecule has 0 bridgehead atoms. The Labute approximate surface area is 178 Å². The SMILES string of the molecule is Cc1sc(CC[C@H](O)/C=C/[C@H]2CCC(O)[C@@H]2C/C=C\COCC(=O)O)cc1Br. The zero-order valence-electron chi connectivity index (χ0n) is 16.1. The molecule has 2 rings (SSSR count). The van der Waals surface area contributed by atoms with Gasteiger partial charge in [0.05, 0.1) is 18.8 Å². The normalized spacial score (nSPS) is 23.8. The standard InChI is InChI=1S/C21H29BrO5S/c1-14-19(22)12-17(28-14)9-8-16(23)7-5-15-6-10-20(24)18(15)4-2-3-11-27-13-21(25)26/h2-3,5,7,12,15-16,18,20,23-24H,4,6,8-11,13H2,1H3,(H,25,26)/b3-2-,7-5+/t15-,16+,18+,20?/m0/s1. The zero-order valence-corrected chi connectivity index (χ0v) is 18.5. The number of aliphatic hydroxyl groups excluding tert-OH is 2. The molecule has 1 unspecified atom stereocenters. The van der Waals surface area contributed by atoms with Crippen molar-refractivity contribution in [2.24, 2.45) is 11.8 Å². The number of carboxylic acids is 1. The molecule has 156 valence electrons. The maximum absolute atomic E-state index is 10.4. The van der Waals surface area contributed by atoms with Gasteiger partial charge in [-0.1, -0.05) is 24.3 Å². The summed E-state index contributed by atoms with van der Waals surface area (Å²) in [6.07, 6.45) is 10.7. The third kappa shape index (κ3) is 7.79. The number of allylic oxidation sites excluding steroid dienone is 2. The molecule has 28 heavy (non-hydrogen) atoms. The van der Waals surface area contributed by atoms with E-state index in [2.05, 4.69) is 35.0 Å². The summed E-state index contributed by atoms with van der Waals surface area (Å²) in [4.78, 5) is 12.9. The molecular weight excluding hydrogens is 444 g/mol. The molecular formula is C21H29BrO5S. The summed E-state index contributed by atoms with van der Waals surface area (Å²) in [5, 5.41) is 29.0. The van der Waals surface area contributed by atoms with Gasteiger partial charge in [0.1, 0.15) is 6.61 Å². The number of hydrogen-bond acceptors (Lipinski definition) is 5. The van der Waals surface area contributed by atoms with Crippen LogP contribution in [0, 0.1) is 18.8 Å². The van der Waals surface area contributed by atoms with E-state index in [1.807, 2.05) is 12.2 Å². The van der Waals surface area contributed by atoms with E-state index in [4.69, 9.17) is 9.84 Å². The van der Waals surface area contributed by atoms with Crippen molar-refractivity contribution in [3.63, 3.8) is 0 Å². The van der Waals surface area contributed by atoms with Crippen molar-refractivity contribution in [2.45, 2.75) is 51.2 Å². The fourth-order valence-corrected chi connectivity index (χ4v) is 5.10. The highest BCUT2D eigenvalue weighted by Crippen LogP contribution is 2.36. The second kappa shape index (κ2) is 11.9. The van der Waals surface area contributed by atoms with Crippen LogP contribution in [0.4, 0.5) is 0 Å². The van der Waals surface area contributed by atoms with Gasteiger partial charge < -0.3 is 20.1 Å². The lowest BCUT2D eigenvalue weighted by atomic mass is 9.90. The number of ether oxygens (including phenoxy) is 1. The third-order valence-electron chi connectivity index (χ3n) is 5.03. The third-order valence-corrected chi connectivity index (χ3v) is 7.23. The summed E-state index contributed by atoms with van der Waals surface area (Å²) in [6, 6.07) is 2.12. The Morgan fingerprint density at radius 1 is 1.43 bits per heavy atom. The topological polar surface area (TPSA) is 87.0 Å². The zero-order chi connectivity index (χ0) is 20.5. The molecule has 0 aliphatic heterocycles. The van der Waals surface area contributed by atoms with E-state index in [0.29, 0.717) is 12.8 Å². The van der Waals surface area contributed by atoms with Gasteiger partial charge in [0.15, 0.2) is 0 Å². The van der Waals surface area contributed by atoms with Crippen molar-refractivity contribution in [3.05, 3.63) is 44.6 Å². The molecule has 3 N–H and O–H groups in total. The first-order chi connectivity index (χ1) is 13.4. The van der Waals surface area contributed by atoms with Gasteiger partial charge in [0.2, 0.25) is 0 Å². The fourth-order valence-electron chi connectivity index (χ4n) is 3.48. The molecule has 1 fully saturated rings. The Hall–Kier alpha value is -0.990. The van der Waals surface area contributed by atoms with Crippen molar-refractivity contribution in [3.8, 4) is 0 Å². The smallest absolute Gasteiger partial charge is 0.329 e. The molecule has 7 heteroatoms. The molecule has 0 aromatic carbocycles. The maximum Gasteiger partial charge on any atom is 0.329 e. The van der Waals surface area contributed by atoms with Crippen LogP contribution in [0.2, 0.25) is 0 Å². The summed E-state index contributed by atoms with van der Waals surface area (Å²) in [5.74, 6) is -0.618. The van der Waals surface area contributed by atoms with E-state index in [-0.39, 0.29) is 31.2 Å². The largest absolute Gasteiger partial charge is 0.480 e. The molecule has 0 radical (unpaired) electrons. The van der Waals surface area contributed by atoms with E-state index in [1.54, 1.807) is 17.4 Å². The lowest BCUT2D eigenvalue weighted by Crippen LogP contribution is -2.18. The van der Waals surface area contributed by atoms with Gasteiger partial charge in [-0.05, 0) is 72.9 Å². The fraction of sp³-hybridized carbons (Fsp3) is 0.571. The molecule has 0 amide bonds. The van der Waals surface area contributed by atoms with Crippen LogP contribution >= 0.6 is 27.3 Å². The first kappa shape index (κ1) is 23.3. The van der Waals surface area contributed by atoms with Gasteiger partial charge in [-0.25, -0.2) is 4.79 Å². The number of aliphatic carboxylic acids is 1. The predicted molar refractivity (Wildman–Crippen MR) is 115 cm³/mol. The van der Waals surface area contributed by atoms with Gasteiger partial charge in [0, 0.05) is 14.2 Å². The van der Waals surface area contributed by atoms with Crippen LogP contribution in [-0.4, -0.2) is 46.7 Å². The molecule has 1 saturated carbocycles. The molecule has 1 aliphatic carbocycles. The number of rotatable bonds is 11. The highest BCUT2D eigenvalue weighted by molar-refractivity contribution is 9.10. The Morgan fingerprint density at radius 3 is 2.89 bits per heavy atom. The number of thiophene rings is 1. The van der Waals surface area contributed by atoms with Gasteiger partial charge >= 0.3 is 5.97 Å². The van der Waals surface area contributed by atoms with E-state index in [0.717, 1.165) is 23.7 Å². The minimum Gasteiger partial charge on any atom is -0.480 e. The van der Waals surface area contributed by atoms with Crippen LogP contribution in [0.15, 0.2) is 34.8 Å². The van der Waals surface area contributed by atoms with E-state index in [9.17, 15) is 15.0 Å². The molecule has 5 nitrogen and oxygen atoms in total. The summed E-state index contributed by atoms with van der Waals surface area (Å²) in [5.41, 5.74) is 0. The number of halogens is 1. The van der Waals surface area contributed by atoms with Gasteiger partial charge in [-0.3, -0.25) is 0 Å². The summed E-state index contributed by atoms with van der Waals surface area (Å²) >= 11 is 5.27. The van der Waals surface area contributed by atoms with Crippen LogP contribution < -0.4 is 0 Å². The molecule has 1 heterocycles. The maximum atomic E-state index is 10.4. The molecule has 1 aromatic heterocycles. The minimum absolute atomic E-state index is 0.120. The minimum atomic E-state index is -0.981. The van der Waals surface area contributed by atoms with Crippen LogP contribution in [0.1, 0.15) is 35.4 Å². The number of carbonyl (C=O) groups is 1. The Bertz CT molecular complexity index is 665. The predicted octanol–water partition coefficient (Wildman–Crippen LogP) is 4.10. The lowest BCUT2D eigenvalue weighted by Gasteiger charge is -2.18. The van der Waals surface area contributed by atoms with Crippen molar-refractivity contribution >= 4 is 33.2 Å². The van der Waals surface area contributed by atoms with E-state index < -0.39 is 12.1 Å². The van der Waals surface area contributed by atoms with E-state index >= 15 is 0 Å². The van der Waals surface area contributed by atoms with Crippen LogP contribution in [0.25, 0.3) is 0 Å². The number of aliphatic hydroxyl groups is 2. The Balaban J connectivity index is 1.76. The average Bonchev–Trinajstić information content (AvgIpc) is 3.16. The molecule has 1 aromatic rings. The highest BCUT2D eigenvalue weighted by atomic mass is 79.9. The molecule has 0 saturated heterocycles. The molecule has 1 aliphatic rings. The first-order valence-corrected chi connectivity index (χ1v) is 11.2. The van der Waals surface area contributed by atoms with Crippen LogP contribution in [0.5, 0.6) is 0 Å². The average molecular weight is 473 g/mol. The number of carboxylic acid groups (broad SMARTS) is 1. The van der Waals surface area contributed by atoms with Gasteiger partial charge in [-0.2, -0.15) is 0 Å². The second-order valence-corrected chi connectivity index (χ2v) is 9.39. The van der Waals surface area contributed by atoms with Gasteiger partial charge in [-0.15, -0.1) is 11.3 Å². The summed E-state index contributed by atoms with van der Waals surface area (Å²) in [6.45, 7) is 2.03. The second-order valence-electron chi connectivity index (χ2n) is 7.20. The summed E-state index contributed by atoms with van der Waals surface area (Å²) in [7, 11) is 0. The van der Waals surface area contributed by atoms with Crippen LogP contribution in [0.3, 0.4) is 0 Å². The monoisotopic (exact) mass is 472 g/mol. The van der Waals surface area contributed by atoms with Crippen molar-refractivity contribution < 1.29 is 24.9 Å². The molecule has 4 atom stereocenters. The van der Waals surface area contributed by atoms with Gasteiger partial charge in [0.25, 0.3) is 0 Å². The number of aryl methyl sites for hydroxylation is 2. The number of hydrogen-bond donors (Lipinski definition) is 3. The van der Waals surface area contributed by atoms with E-state index in [1.165, 1.54) is 9.75 Å². The Morgan fingerprint density at radius 2 is 2.21 bits per heavy atom. The lowest BCUT2D eigenvalue weighted by molar-refractivity contribution is -0.141. The highest BCUT2D eigenvalue weighted by Gasteiger charge is 2.32. The Kier molecular flexibility index (Phi) is 9.88. The quantitative estimate of drug-likeness (QED) is 0.333.